The van der Waals surface area contributed by atoms with Crippen LogP contribution in [0.1, 0.15) is 0 Å². The molecule has 11 heteroatoms. The topological polar surface area (TPSA) is 115 Å². The van der Waals surface area contributed by atoms with Crippen molar-refractivity contribution in [3.63, 3.8) is 0 Å². The van der Waals surface area contributed by atoms with Crippen molar-refractivity contribution in [2.24, 2.45) is 0 Å². The summed E-state index contributed by atoms with van der Waals surface area (Å²) in [5.41, 5.74) is 7.52. The summed E-state index contributed by atoms with van der Waals surface area (Å²) in [6, 6.07) is 10.9. The highest BCUT2D eigenvalue weighted by Gasteiger charge is 2.18. The number of hydrogen-bond donors (Lipinski definition) is 3. The van der Waals surface area contributed by atoms with Crippen LogP contribution in [-0.4, -0.2) is 81.3 Å². The minimum absolute atomic E-state index is 0.324. The van der Waals surface area contributed by atoms with Gasteiger partial charge in [-0.2, -0.15) is 5.10 Å². The van der Waals surface area contributed by atoms with Crippen molar-refractivity contribution >= 4 is 33.6 Å². The molecule has 6 rings (SSSR count). The molecule has 5 aromatic heterocycles. The molecule has 0 unspecified atom stereocenters. The second-order valence-corrected chi connectivity index (χ2v) is 10.1. The minimum atomic E-state index is -0.324. The van der Waals surface area contributed by atoms with Crippen LogP contribution in [0.25, 0.3) is 56.0 Å². The number of aromatic amines is 2. The fraction of sp³-hybridized carbons (Fsp3) is 0.207. The predicted molar refractivity (Wildman–Crippen MR) is 157 cm³/mol. The van der Waals surface area contributed by atoms with Gasteiger partial charge in [0, 0.05) is 68.2 Å². The Morgan fingerprint density at radius 3 is 2.58 bits per heavy atom. The number of halogens is 1. The van der Waals surface area contributed by atoms with Gasteiger partial charge in [0.05, 0.1) is 17.3 Å². The van der Waals surface area contributed by atoms with E-state index in [-0.39, 0.29) is 5.82 Å². The van der Waals surface area contributed by atoms with Crippen LogP contribution in [0.15, 0.2) is 61.2 Å². The van der Waals surface area contributed by atoms with Gasteiger partial charge in [0.25, 0.3) is 0 Å². The first-order valence-electron chi connectivity index (χ1n) is 12.9. The second-order valence-electron chi connectivity index (χ2n) is 10.1. The number of fused-ring (bicyclic) bond motifs is 2. The first-order chi connectivity index (χ1) is 19.4. The van der Waals surface area contributed by atoms with E-state index in [0.29, 0.717) is 46.1 Å². The molecule has 3 N–H and O–H groups in total. The van der Waals surface area contributed by atoms with Crippen molar-refractivity contribution in [2.75, 3.05) is 51.5 Å². The van der Waals surface area contributed by atoms with E-state index >= 15 is 0 Å². The highest BCUT2D eigenvalue weighted by atomic mass is 19.1. The molecule has 10 nitrogen and oxygen atoms in total. The third-order valence-corrected chi connectivity index (χ3v) is 6.70. The van der Waals surface area contributed by atoms with Gasteiger partial charge >= 0.3 is 0 Å². The van der Waals surface area contributed by atoms with E-state index in [9.17, 15) is 4.39 Å². The van der Waals surface area contributed by atoms with Crippen LogP contribution in [0, 0.1) is 5.82 Å². The number of nitrogens with one attached hydrogen (secondary N) is 3. The molecule has 0 fully saturated rings. The number of H-pyrrole nitrogens is 2. The Bertz CT molecular complexity index is 1820. The number of benzene rings is 1. The monoisotopic (exact) mass is 536 g/mol. The summed E-state index contributed by atoms with van der Waals surface area (Å²) in [6.07, 6.45) is 7.12. The number of rotatable bonds is 8. The van der Waals surface area contributed by atoms with Gasteiger partial charge in [0.1, 0.15) is 17.0 Å². The Balaban J connectivity index is 1.39. The van der Waals surface area contributed by atoms with Crippen molar-refractivity contribution in [3.05, 3.63) is 67.0 Å². The molecule has 0 saturated carbocycles. The number of hydrogen-bond acceptors (Lipinski definition) is 8. The molecule has 202 valence electrons. The zero-order valence-electron chi connectivity index (χ0n) is 22.7. The summed E-state index contributed by atoms with van der Waals surface area (Å²) in [7, 11) is 7.96. The maximum absolute atomic E-state index is 14.6. The SMILES string of the molecule is CN(C)CCNc1cc(F)cc(-c2ccnc3[nH]c(-c4n[nH]c5ncc(-c6cncc(N(C)C)c6)cc45)nc23)c1. The number of anilines is 2. The maximum Gasteiger partial charge on any atom is 0.161 e. The third-order valence-electron chi connectivity index (χ3n) is 6.70. The molecular weight excluding hydrogens is 507 g/mol. The van der Waals surface area contributed by atoms with Crippen LogP contribution in [0.3, 0.4) is 0 Å². The molecule has 5 heterocycles. The average Bonchev–Trinajstić information content (AvgIpc) is 3.56. The molecule has 1 aromatic carbocycles. The second kappa shape index (κ2) is 10.3. The fourth-order valence-electron chi connectivity index (χ4n) is 4.60. The van der Waals surface area contributed by atoms with Gasteiger partial charge in [-0.05, 0) is 56.1 Å². The van der Waals surface area contributed by atoms with E-state index in [1.807, 2.05) is 63.7 Å². The Kier molecular flexibility index (Phi) is 6.56. The Hall–Kier alpha value is -4.90. The summed E-state index contributed by atoms with van der Waals surface area (Å²) in [4.78, 5) is 25.7. The zero-order valence-corrected chi connectivity index (χ0v) is 22.7. The molecule has 0 aliphatic carbocycles. The van der Waals surface area contributed by atoms with Crippen molar-refractivity contribution < 1.29 is 4.39 Å². The van der Waals surface area contributed by atoms with Crippen LogP contribution in [0.4, 0.5) is 15.8 Å². The van der Waals surface area contributed by atoms with E-state index in [1.165, 1.54) is 12.1 Å². The predicted octanol–water partition coefficient (Wildman–Crippen LogP) is 4.80. The fourth-order valence-corrected chi connectivity index (χ4v) is 4.60. The number of likely N-dealkylation sites (N-methyl/N-ethyl adjacent to an activating group) is 1. The molecule has 0 aliphatic heterocycles. The lowest BCUT2D eigenvalue weighted by Crippen LogP contribution is -2.20. The summed E-state index contributed by atoms with van der Waals surface area (Å²) < 4.78 is 14.6. The van der Waals surface area contributed by atoms with E-state index in [0.717, 1.165) is 34.3 Å². The quantitative estimate of drug-likeness (QED) is 0.254. The van der Waals surface area contributed by atoms with Crippen molar-refractivity contribution in [1.29, 1.82) is 0 Å². The van der Waals surface area contributed by atoms with Crippen LogP contribution in [-0.2, 0) is 0 Å². The van der Waals surface area contributed by atoms with Gasteiger partial charge in [0.15, 0.2) is 17.1 Å². The lowest BCUT2D eigenvalue weighted by atomic mass is 10.0. The summed E-state index contributed by atoms with van der Waals surface area (Å²) in [5.74, 6) is 0.219. The lowest BCUT2D eigenvalue weighted by molar-refractivity contribution is 0.425. The molecule has 0 bridgehead atoms. The van der Waals surface area contributed by atoms with E-state index in [1.54, 1.807) is 12.4 Å². The van der Waals surface area contributed by atoms with Gasteiger partial charge in [-0.3, -0.25) is 10.1 Å². The Labute approximate surface area is 230 Å². The number of imidazole rings is 1. The molecule has 0 amide bonds. The van der Waals surface area contributed by atoms with E-state index < -0.39 is 0 Å². The number of aromatic nitrogens is 7. The van der Waals surface area contributed by atoms with Crippen molar-refractivity contribution in [3.8, 4) is 33.8 Å². The van der Waals surface area contributed by atoms with Gasteiger partial charge < -0.3 is 20.1 Å². The summed E-state index contributed by atoms with van der Waals surface area (Å²) in [6.45, 7) is 1.53. The van der Waals surface area contributed by atoms with E-state index in [4.69, 9.17) is 4.98 Å². The smallest absolute Gasteiger partial charge is 0.161 e. The highest BCUT2D eigenvalue weighted by Crippen LogP contribution is 2.33. The molecule has 0 spiro atoms. The molecule has 0 aliphatic rings. The molecule has 6 aromatic rings. The maximum atomic E-state index is 14.6. The number of pyridine rings is 3. The zero-order chi connectivity index (χ0) is 27.8. The van der Waals surface area contributed by atoms with Gasteiger partial charge in [-0.15, -0.1) is 0 Å². The lowest BCUT2D eigenvalue weighted by Gasteiger charge is -2.12. The summed E-state index contributed by atoms with van der Waals surface area (Å²) in [5, 5.41) is 11.6. The normalized spacial score (nSPS) is 11.6. The third kappa shape index (κ3) is 4.94. The Morgan fingerprint density at radius 1 is 0.900 bits per heavy atom. The van der Waals surface area contributed by atoms with Crippen LogP contribution < -0.4 is 10.2 Å². The molecule has 40 heavy (non-hydrogen) atoms. The van der Waals surface area contributed by atoms with Crippen LogP contribution in [0.2, 0.25) is 0 Å². The van der Waals surface area contributed by atoms with Crippen molar-refractivity contribution in [1.82, 2.24) is 40.0 Å². The van der Waals surface area contributed by atoms with Gasteiger partial charge in [0.2, 0.25) is 0 Å². The Morgan fingerprint density at radius 2 is 1.75 bits per heavy atom. The van der Waals surface area contributed by atoms with E-state index in [2.05, 4.69) is 46.4 Å². The van der Waals surface area contributed by atoms with Crippen LogP contribution in [0.5, 0.6) is 0 Å². The molecule has 0 saturated heterocycles. The first kappa shape index (κ1) is 25.4. The van der Waals surface area contributed by atoms with Crippen LogP contribution >= 0.6 is 0 Å². The average molecular weight is 537 g/mol. The van der Waals surface area contributed by atoms with Crippen molar-refractivity contribution in [2.45, 2.75) is 0 Å². The number of nitrogens with zero attached hydrogens (tertiary/aromatic N) is 7. The molecule has 0 atom stereocenters. The minimum Gasteiger partial charge on any atom is -0.384 e. The summed E-state index contributed by atoms with van der Waals surface area (Å²) >= 11 is 0. The highest BCUT2D eigenvalue weighted by molar-refractivity contribution is 5.96. The largest absolute Gasteiger partial charge is 0.384 e. The van der Waals surface area contributed by atoms with Gasteiger partial charge in [-0.1, -0.05) is 0 Å². The molecular formula is C29H29FN10. The molecule has 0 radical (unpaired) electrons. The standard InChI is InChI=1S/C29H29FN10/c1-39(2)8-7-32-21-10-17(9-20(30)13-21)23-5-6-33-28-25(23)35-29(36-28)26-24-12-19(15-34-27(24)38-37-26)18-11-22(40(3)4)16-31-14-18/h5-6,9-16,32H,7-8H2,1-4H3,(H,33,35,36)(H,34,37,38). The first-order valence-corrected chi connectivity index (χ1v) is 12.9. The van der Waals surface area contributed by atoms with Gasteiger partial charge in [-0.25, -0.2) is 19.3 Å².